The van der Waals surface area contributed by atoms with Crippen LogP contribution >= 0.6 is 0 Å². The lowest BCUT2D eigenvalue weighted by atomic mass is 9.93. The third-order valence-electron chi connectivity index (χ3n) is 2.44. The average Bonchev–Trinajstić information content (AvgIpc) is 2.30. The third kappa shape index (κ3) is 3.54. The maximum Gasteiger partial charge on any atom is 0.224 e. The molecule has 0 atom stereocenters. The van der Waals surface area contributed by atoms with Gasteiger partial charge in [0.1, 0.15) is 0 Å². The Balaban J connectivity index is 2.78. The SMILES string of the molecule is CCNc1ncc(F)c(NCC(C)(C)C(N)=O)n1. The monoisotopic (exact) mass is 255 g/mol. The molecule has 1 rings (SSSR count). The Bertz CT molecular complexity index is 435. The zero-order chi connectivity index (χ0) is 13.8. The summed E-state index contributed by atoms with van der Waals surface area (Å²) in [5, 5.41) is 5.64. The van der Waals surface area contributed by atoms with E-state index < -0.39 is 17.1 Å². The van der Waals surface area contributed by atoms with Crippen molar-refractivity contribution in [1.82, 2.24) is 9.97 Å². The first-order chi connectivity index (χ1) is 8.36. The number of primary amides is 1. The molecule has 18 heavy (non-hydrogen) atoms. The lowest BCUT2D eigenvalue weighted by molar-refractivity contribution is -0.125. The van der Waals surface area contributed by atoms with E-state index in [0.717, 1.165) is 6.20 Å². The second-order valence-electron chi connectivity index (χ2n) is 4.52. The van der Waals surface area contributed by atoms with Crippen LogP contribution in [0.15, 0.2) is 6.20 Å². The van der Waals surface area contributed by atoms with Crippen molar-refractivity contribution in [1.29, 1.82) is 0 Å². The predicted octanol–water partition coefficient (Wildman–Crippen LogP) is 0.971. The normalized spacial score (nSPS) is 11.1. The Morgan fingerprint density at radius 3 is 2.72 bits per heavy atom. The van der Waals surface area contributed by atoms with Gasteiger partial charge in [-0.15, -0.1) is 0 Å². The molecule has 1 aromatic heterocycles. The summed E-state index contributed by atoms with van der Waals surface area (Å²) < 4.78 is 13.5. The molecule has 0 aliphatic heterocycles. The molecule has 1 aromatic rings. The van der Waals surface area contributed by atoms with Gasteiger partial charge in [0.2, 0.25) is 11.9 Å². The van der Waals surface area contributed by atoms with Gasteiger partial charge in [0.25, 0.3) is 0 Å². The first-order valence-corrected chi connectivity index (χ1v) is 5.67. The summed E-state index contributed by atoms with van der Waals surface area (Å²) in [4.78, 5) is 18.9. The number of rotatable bonds is 6. The fraction of sp³-hybridized carbons (Fsp3) is 0.545. The highest BCUT2D eigenvalue weighted by atomic mass is 19.1. The smallest absolute Gasteiger partial charge is 0.224 e. The van der Waals surface area contributed by atoms with E-state index in [9.17, 15) is 9.18 Å². The zero-order valence-corrected chi connectivity index (χ0v) is 10.7. The minimum atomic E-state index is -0.782. The van der Waals surface area contributed by atoms with Crippen molar-refractivity contribution in [3.8, 4) is 0 Å². The Labute approximate surface area is 105 Å². The van der Waals surface area contributed by atoms with Crippen molar-refractivity contribution in [3.63, 3.8) is 0 Å². The summed E-state index contributed by atoms with van der Waals surface area (Å²) in [7, 11) is 0. The molecule has 0 fully saturated rings. The number of anilines is 2. The highest BCUT2D eigenvalue weighted by Crippen LogP contribution is 2.17. The Hall–Kier alpha value is -1.92. The average molecular weight is 255 g/mol. The molecule has 0 bridgehead atoms. The summed E-state index contributed by atoms with van der Waals surface area (Å²) >= 11 is 0. The molecule has 1 amide bonds. The molecule has 0 aliphatic rings. The van der Waals surface area contributed by atoms with Gasteiger partial charge in [-0.2, -0.15) is 4.98 Å². The van der Waals surface area contributed by atoms with Gasteiger partial charge >= 0.3 is 0 Å². The van der Waals surface area contributed by atoms with Gasteiger partial charge < -0.3 is 16.4 Å². The van der Waals surface area contributed by atoms with Gasteiger partial charge in [0.15, 0.2) is 11.6 Å². The van der Waals surface area contributed by atoms with Crippen molar-refractivity contribution in [2.24, 2.45) is 11.1 Å². The van der Waals surface area contributed by atoms with Crippen LogP contribution < -0.4 is 16.4 Å². The number of nitrogens with one attached hydrogen (secondary N) is 2. The van der Waals surface area contributed by atoms with Crippen molar-refractivity contribution in [3.05, 3.63) is 12.0 Å². The Kier molecular flexibility index (Phi) is 4.41. The number of nitrogens with zero attached hydrogens (tertiary/aromatic N) is 2. The summed E-state index contributed by atoms with van der Waals surface area (Å²) in [6.07, 6.45) is 1.07. The number of hydrogen-bond acceptors (Lipinski definition) is 5. The number of halogens is 1. The summed E-state index contributed by atoms with van der Waals surface area (Å²) in [5.41, 5.74) is 4.45. The van der Waals surface area contributed by atoms with Crippen LogP contribution in [-0.4, -0.2) is 29.0 Å². The second-order valence-corrected chi connectivity index (χ2v) is 4.52. The van der Waals surface area contributed by atoms with E-state index in [1.165, 1.54) is 0 Å². The number of carbonyl (C=O) groups is 1. The Morgan fingerprint density at radius 1 is 1.50 bits per heavy atom. The first-order valence-electron chi connectivity index (χ1n) is 5.67. The van der Waals surface area contributed by atoms with Gasteiger partial charge in [-0.1, -0.05) is 0 Å². The largest absolute Gasteiger partial charge is 0.369 e. The summed E-state index contributed by atoms with van der Waals surface area (Å²) in [5.74, 6) is -0.651. The third-order valence-corrected chi connectivity index (χ3v) is 2.44. The standard InChI is InChI=1S/C11H18FN5O/c1-4-14-10-15-5-7(12)8(17-10)16-6-11(2,3)9(13)18/h5H,4,6H2,1-3H3,(H2,13,18)(H2,14,15,16,17). The Morgan fingerprint density at radius 2 is 2.17 bits per heavy atom. The molecular formula is C11H18FN5O. The van der Waals surface area contributed by atoms with Crippen LogP contribution in [0.4, 0.5) is 16.2 Å². The number of hydrogen-bond donors (Lipinski definition) is 3. The van der Waals surface area contributed by atoms with Crippen LogP contribution in [0.25, 0.3) is 0 Å². The minimum absolute atomic E-state index is 0.0512. The minimum Gasteiger partial charge on any atom is -0.369 e. The number of amides is 1. The molecule has 1 heterocycles. The van der Waals surface area contributed by atoms with E-state index >= 15 is 0 Å². The van der Waals surface area contributed by atoms with Crippen LogP contribution in [0, 0.1) is 11.2 Å². The van der Waals surface area contributed by atoms with Gasteiger partial charge in [-0.3, -0.25) is 4.79 Å². The van der Waals surface area contributed by atoms with Gasteiger partial charge in [0.05, 0.1) is 11.6 Å². The molecule has 6 nitrogen and oxygen atoms in total. The topological polar surface area (TPSA) is 92.9 Å². The van der Waals surface area contributed by atoms with Crippen molar-refractivity contribution >= 4 is 17.7 Å². The van der Waals surface area contributed by atoms with Gasteiger partial charge in [0, 0.05) is 13.1 Å². The first kappa shape index (κ1) is 14.1. The maximum atomic E-state index is 13.5. The second kappa shape index (κ2) is 5.61. The lowest BCUT2D eigenvalue weighted by Gasteiger charge is -2.21. The van der Waals surface area contributed by atoms with E-state index in [2.05, 4.69) is 20.6 Å². The molecule has 100 valence electrons. The van der Waals surface area contributed by atoms with E-state index in [4.69, 9.17) is 5.73 Å². The number of aromatic nitrogens is 2. The molecule has 0 aliphatic carbocycles. The molecule has 0 saturated heterocycles. The highest BCUT2D eigenvalue weighted by Gasteiger charge is 2.25. The van der Waals surface area contributed by atoms with E-state index in [0.29, 0.717) is 12.5 Å². The lowest BCUT2D eigenvalue weighted by Crippen LogP contribution is -2.37. The zero-order valence-electron chi connectivity index (χ0n) is 10.7. The van der Waals surface area contributed by atoms with Crippen LogP contribution in [0.1, 0.15) is 20.8 Å². The van der Waals surface area contributed by atoms with Gasteiger partial charge in [-0.05, 0) is 20.8 Å². The highest BCUT2D eigenvalue weighted by molar-refractivity contribution is 5.80. The molecule has 0 aromatic carbocycles. The van der Waals surface area contributed by atoms with Crippen LogP contribution in [0.3, 0.4) is 0 Å². The van der Waals surface area contributed by atoms with E-state index in [1.807, 2.05) is 6.92 Å². The summed E-state index contributed by atoms with van der Waals surface area (Å²) in [6.45, 7) is 6.06. The fourth-order valence-corrected chi connectivity index (χ4v) is 1.13. The fourth-order valence-electron chi connectivity index (χ4n) is 1.13. The van der Waals surface area contributed by atoms with E-state index in [-0.39, 0.29) is 12.4 Å². The number of nitrogens with two attached hydrogens (primary N) is 1. The van der Waals surface area contributed by atoms with Crippen LogP contribution in [-0.2, 0) is 4.79 Å². The summed E-state index contributed by atoms with van der Waals surface area (Å²) in [6, 6.07) is 0. The molecule has 0 saturated carbocycles. The molecular weight excluding hydrogens is 237 g/mol. The van der Waals surface area contributed by atoms with Crippen LogP contribution in [0.5, 0.6) is 0 Å². The molecule has 0 unspecified atom stereocenters. The van der Waals surface area contributed by atoms with Crippen molar-refractivity contribution < 1.29 is 9.18 Å². The van der Waals surface area contributed by atoms with E-state index in [1.54, 1.807) is 13.8 Å². The van der Waals surface area contributed by atoms with Crippen LogP contribution in [0.2, 0.25) is 0 Å². The molecule has 7 heteroatoms. The molecule has 0 spiro atoms. The van der Waals surface area contributed by atoms with Crippen molar-refractivity contribution in [2.45, 2.75) is 20.8 Å². The molecule has 4 N–H and O–H groups in total. The van der Waals surface area contributed by atoms with Gasteiger partial charge in [-0.25, -0.2) is 9.37 Å². The molecule has 0 radical (unpaired) electrons. The number of carbonyl (C=O) groups excluding carboxylic acids is 1. The predicted molar refractivity (Wildman–Crippen MR) is 67.6 cm³/mol. The maximum absolute atomic E-state index is 13.5. The van der Waals surface area contributed by atoms with Crippen molar-refractivity contribution in [2.75, 3.05) is 23.7 Å². The quantitative estimate of drug-likeness (QED) is 0.704.